The number of aliphatic imine (C=N–C) groups is 1. The van der Waals surface area contributed by atoms with E-state index >= 15 is 0 Å². The van der Waals surface area contributed by atoms with Crippen molar-refractivity contribution in [3.8, 4) is 11.5 Å². The van der Waals surface area contributed by atoms with Crippen LogP contribution < -0.4 is 14.8 Å². The summed E-state index contributed by atoms with van der Waals surface area (Å²) in [5.41, 5.74) is 3.74. The van der Waals surface area contributed by atoms with Crippen LogP contribution in [0.2, 0.25) is 0 Å². The molecule has 0 fully saturated rings. The van der Waals surface area contributed by atoms with Crippen molar-refractivity contribution in [3.63, 3.8) is 0 Å². The van der Waals surface area contributed by atoms with Crippen LogP contribution >= 0.6 is 11.3 Å². The van der Waals surface area contributed by atoms with Crippen LogP contribution in [0.4, 0.5) is 0 Å². The van der Waals surface area contributed by atoms with Gasteiger partial charge < -0.3 is 19.7 Å². The van der Waals surface area contributed by atoms with Gasteiger partial charge in [-0.15, -0.1) is 11.3 Å². The summed E-state index contributed by atoms with van der Waals surface area (Å²) >= 11 is 1.69. The summed E-state index contributed by atoms with van der Waals surface area (Å²) in [5.74, 6) is 2.53. The van der Waals surface area contributed by atoms with Crippen molar-refractivity contribution in [2.45, 2.75) is 33.4 Å². The van der Waals surface area contributed by atoms with E-state index in [1.54, 1.807) is 25.6 Å². The molecule has 0 radical (unpaired) electrons. The molecule has 2 aromatic rings. The molecule has 0 saturated heterocycles. The second kappa shape index (κ2) is 10.6. The van der Waals surface area contributed by atoms with E-state index in [1.165, 1.54) is 11.1 Å². The van der Waals surface area contributed by atoms with E-state index in [0.29, 0.717) is 0 Å². The number of ether oxygens (including phenoxy) is 2. The number of guanidine groups is 1. The molecule has 0 unspecified atom stereocenters. The zero-order chi connectivity index (χ0) is 21.5. The molecule has 0 atom stereocenters. The third kappa shape index (κ3) is 5.64. The SMILES string of the molecule is CCNC(=NCCN1CCc2cc(OC)c(OC)cc2C1)N(C)Cc1csc(C)n1. The highest BCUT2D eigenvalue weighted by Crippen LogP contribution is 2.33. The van der Waals surface area contributed by atoms with Gasteiger partial charge in [-0.2, -0.15) is 0 Å². The van der Waals surface area contributed by atoms with Crippen molar-refractivity contribution in [1.29, 1.82) is 0 Å². The Morgan fingerprint density at radius 2 is 2.00 bits per heavy atom. The van der Waals surface area contributed by atoms with Gasteiger partial charge in [-0.25, -0.2) is 4.98 Å². The fraction of sp³-hybridized carbons (Fsp3) is 0.545. The summed E-state index contributed by atoms with van der Waals surface area (Å²) in [7, 11) is 5.43. The predicted molar refractivity (Wildman–Crippen MR) is 123 cm³/mol. The van der Waals surface area contributed by atoms with Crippen LogP contribution in [0.5, 0.6) is 11.5 Å². The van der Waals surface area contributed by atoms with Crippen molar-refractivity contribution in [2.75, 3.05) is 47.4 Å². The Bertz CT molecular complexity index is 867. The minimum Gasteiger partial charge on any atom is -0.493 e. The molecule has 0 saturated carbocycles. The van der Waals surface area contributed by atoms with Crippen LogP contribution in [0.1, 0.15) is 28.8 Å². The fourth-order valence-electron chi connectivity index (χ4n) is 3.70. The molecular weight excluding hydrogens is 398 g/mol. The number of methoxy groups -OCH3 is 2. The number of hydrogen-bond acceptors (Lipinski definition) is 6. The summed E-state index contributed by atoms with van der Waals surface area (Å²) in [4.78, 5) is 14.0. The van der Waals surface area contributed by atoms with Crippen molar-refractivity contribution < 1.29 is 9.47 Å². The lowest BCUT2D eigenvalue weighted by Gasteiger charge is -2.29. The van der Waals surface area contributed by atoms with Gasteiger partial charge in [0.25, 0.3) is 0 Å². The van der Waals surface area contributed by atoms with Gasteiger partial charge in [0.1, 0.15) is 0 Å². The molecule has 0 aliphatic carbocycles. The summed E-state index contributed by atoms with van der Waals surface area (Å²) in [6.45, 7) is 9.36. The molecule has 0 bridgehead atoms. The second-order valence-electron chi connectivity index (χ2n) is 7.45. The second-order valence-corrected chi connectivity index (χ2v) is 8.51. The van der Waals surface area contributed by atoms with Crippen LogP contribution in [0.25, 0.3) is 0 Å². The van der Waals surface area contributed by atoms with Crippen LogP contribution in [0, 0.1) is 6.92 Å². The molecule has 0 amide bonds. The predicted octanol–water partition coefficient (Wildman–Crippen LogP) is 2.92. The number of hydrogen-bond donors (Lipinski definition) is 1. The monoisotopic (exact) mass is 431 g/mol. The first-order valence-electron chi connectivity index (χ1n) is 10.4. The minimum absolute atomic E-state index is 0.755. The molecule has 7 nitrogen and oxygen atoms in total. The molecule has 3 rings (SSSR count). The Balaban J connectivity index is 1.59. The van der Waals surface area contributed by atoms with E-state index in [9.17, 15) is 0 Å². The van der Waals surface area contributed by atoms with Crippen LogP contribution in [-0.4, -0.2) is 68.2 Å². The van der Waals surface area contributed by atoms with E-state index in [-0.39, 0.29) is 0 Å². The molecule has 2 heterocycles. The number of aryl methyl sites for hydroxylation is 1. The molecule has 164 valence electrons. The average Bonchev–Trinajstić information content (AvgIpc) is 3.16. The normalized spacial score (nSPS) is 14.4. The number of benzene rings is 1. The number of fused-ring (bicyclic) bond motifs is 1. The minimum atomic E-state index is 0.755. The number of nitrogens with one attached hydrogen (secondary N) is 1. The maximum Gasteiger partial charge on any atom is 0.194 e. The van der Waals surface area contributed by atoms with Gasteiger partial charge in [-0.3, -0.25) is 9.89 Å². The van der Waals surface area contributed by atoms with E-state index in [0.717, 1.165) is 73.8 Å². The Kier molecular flexibility index (Phi) is 7.93. The van der Waals surface area contributed by atoms with E-state index < -0.39 is 0 Å². The van der Waals surface area contributed by atoms with E-state index in [1.807, 2.05) is 6.92 Å². The lowest BCUT2D eigenvalue weighted by atomic mass is 9.99. The summed E-state index contributed by atoms with van der Waals surface area (Å²) in [6.07, 6.45) is 1.02. The first-order valence-corrected chi connectivity index (χ1v) is 11.3. The van der Waals surface area contributed by atoms with Crippen molar-refractivity contribution >= 4 is 17.3 Å². The van der Waals surface area contributed by atoms with E-state index in [2.05, 4.69) is 51.6 Å². The topological polar surface area (TPSA) is 62.2 Å². The Hall–Kier alpha value is -2.32. The molecular formula is C22H33N5O2S. The van der Waals surface area contributed by atoms with E-state index in [4.69, 9.17) is 14.5 Å². The maximum atomic E-state index is 5.47. The van der Waals surface area contributed by atoms with Crippen LogP contribution in [0.3, 0.4) is 0 Å². The van der Waals surface area contributed by atoms with Gasteiger partial charge in [-0.05, 0) is 43.5 Å². The molecule has 0 spiro atoms. The van der Waals surface area contributed by atoms with Gasteiger partial charge in [0.15, 0.2) is 17.5 Å². The Morgan fingerprint density at radius 3 is 2.63 bits per heavy atom. The smallest absolute Gasteiger partial charge is 0.194 e. The van der Waals surface area contributed by atoms with Gasteiger partial charge in [0, 0.05) is 38.6 Å². The first-order chi connectivity index (χ1) is 14.5. The average molecular weight is 432 g/mol. The van der Waals surface area contributed by atoms with Gasteiger partial charge in [0.2, 0.25) is 0 Å². The molecule has 1 aliphatic rings. The molecule has 1 aromatic carbocycles. The number of thiazole rings is 1. The van der Waals surface area contributed by atoms with Gasteiger partial charge in [0.05, 0.1) is 38.0 Å². The zero-order valence-electron chi connectivity index (χ0n) is 18.7. The third-order valence-corrected chi connectivity index (χ3v) is 6.06. The lowest BCUT2D eigenvalue weighted by molar-refractivity contribution is 0.259. The van der Waals surface area contributed by atoms with Crippen molar-refractivity contribution in [1.82, 2.24) is 20.1 Å². The largest absolute Gasteiger partial charge is 0.493 e. The molecule has 30 heavy (non-hydrogen) atoms. The Labute approximate surface area is 183 Å². The standard InChI is InChI=1S/C22H33N5O2S/c1-6-23-22(26(3)14-19-15-30-16(2)25-19)24-8-10-27-9-7-17-11-20(28-4)21(29-5)12-18(17)13-27/h11-12,15H,6-10,13-14H2,1-5H3,(H,23,24). The number of nitrogens with zero attached hydrogens (tertiary/aromatic N) is 4. The molecule has 8 heteroatoms. The summed E-state index contributed by atoms with van der Waals surface area (Å²) in [6, 6.07) is 4.22. The fourth-order valence-corrected chi connectivity index (χ4v) is 4.30. The molecule has 1 N–H and O–H groups in total. The highest BCUT2D eigenvalue weighted by molar-refractivity contribution is 7.09. The molecule has 1 aromatic heterocycles. The summed E-state index contributed by atoms with van der Waals surface area (Å²) < 4.78 is 10.9. The quantitative estimate of drug-likeness (QED) is 0.512. The zero-order valence-corrected chi connectivity index (χ0v) is 19.5. The van der Waals surface area contributed by atoms with Crippen LogP contribution in [-0.2, 0) is 19.5 Å². The molecule has 1 aliphatic heterocycles. The van der Waals surface area contributed by atoms with Gasteiger partial charge in [-0.1, -0.05) is 0 Å². The maximum absolute atomic E-state index is 5.47. The highest BCUT2D eigenvalue weighted by atomic mass is 32.1. The number of rotatable bonds is 8. The third-order valence-electron chi connectivity index (χ3n) is 5.24. The lowest BCUT2D eigenvalue weighted by Crippen LogP contribution is -2.39. The number of aromatic nitrogens is 1. The summed E-state index contributed by atoms with van der Waals surface area (Å²) in [5, 5.41) is 6.61. The van der Waals surface area contributed by atoms with Crippen molar-refractivity contribution in [3.05, 3.63) is 39.3 Å². The van der Waals surface area contributed by atoms with Gasteiger partial charge >= 0.3 is 0 Å². The van der Waals surface area contributed by atoms with Crippen LogP contribution in [0.15, 0.2) is 22.5 Å². The highest BCUT2D eigenvalue weighted by Gasteiger charge is 2.19. The Morgan fingerprint density at radius 1 is 1.27 bits per heavy atom. The van der Waals surface area contributed by atoms with Crippen molar-refractivity contribution in [2.24, 2.45) is 4.99 Å². The first kappa shape index (κ1) is 22.4.